The number of methoxy groups -OCH3 is 1. The van der Waals surface area contributed by atoms with Gasteiger partial charge in [-0.3, -0.25) is 14.3 Å². The lowest BCUT2D eigenvalue weighted by Gasteiger charge is -2.41. The van der Waals surface area contributed by atoms with Gasteiger partial charge in [-0.15, -0.1) is 6.58 Å². The normalized spacial score (nSPS) is 14.5. The van der Waals surface area contributed by atoms with Gasteiger partial charge in [0.1, 0.15) is 17.2 Å². The molecule has 1 aliphatic heterocycles. The predicted molar refractivity (Wildman–Crippen MR) is 167 cm³/mol. The van der Waals surface area contributed by atoms with Crippen LogP contribution in [-0.4, -0.2) is 64.0 Å². The number of anilines is 2. The standard InChI is InChI=1S/C33H33N7O2/c1-3-9-29(39-20-18-38(19-21-39)28-14-7-12-24(22-41)30(28)42-2)40-32(25-13-8-17-35-31(25)34)37-27-16-15-26(36-33(27)40)23-10-5-4-6-11-23/h3-8,10-17,22,29H,1,9,18-21H2,2H3,(H2,34,35). The van der Waals surface area contributed by atoms with E-state index >= 15 is 0 Å². The van der Waals surface area contributed by atoms with Crippen LogP contribution >= 0.6 is 0 Å². The van der Waals surface area contributed by atoms with Crippen LogP contribution in [0.3, 0.4) is 0 Å². The minimum Gasteiger partial charge on any atom is -0.494 e. The fourth-order valence-electron chi connectivity index (χ4n) is 5.76. The number of carbonyl (C=O) groups is 1. The smallest absolute Gasteiger partial charge is 0.162 e. The van der Waals surface area contributed by atoms with Crippen LogP contribution in [0.1, 0.15) is 22.9 Å². The fraction of sp³-hybridized carbons (Fsp3) is 0.212. The number of ether oxygens (including phenoxy) is 1. The Kier molecular flexibility index (Phi) is 7.66. The summed E-state index contributed by atoms with van der Waals surface area (Å²) in [5.74, 6) is 1.75. The van der Waals surface area contributed by atoms with Crippen molar-refractivity contribution in [3.63, 3.8) is 0 Å². The van der Waals surface area contributed by atoms with E-state index in [1.165, 1.54) is 0 Å². The number of aromatic nitrogens is 4. The van der Waals surface area contributed by atoms with Gasteiger partial charge in [-0.25, -0.2) is 15.0 Å². The molecule has 5 aromatic rings. The van der Waals surface area contributed by atoms with E-state index in [0.29, 0.717) is 23.6 Å². The molecule has 9 heteroatoms. The summed E-state index contributed by atoms with van der Waals surface area (Å²) < 4.78 is 7.82. The highest BCUT2D eigenvalue weighted by molar-refractivity contribution is 5.84. The highest BCUT2D eigenvalue weighted by atomic mass is 16.5. The first-order chi connectivity index (χ1) is 20.6. The summed E-state index contributed by atoms with van der Waals surface area (Å²) in [5.41, 5.74) is 12.1. The lowest BCUT2D eigenvalue weighted by Crippen LogP contribution is -2.49. The summed E-state index contributed by atoms with van der Waals surface area (Å²) in [4.78, 5) is 30.9. The first kappa shape index (κ1) is 27.2. The van der Waals surface area contributed by atoms with Crippen molar-refractivity contribution < 1.29 is 9.53 Å². The Balaban J connectivity index is 1.42. The van der Waals surface area contributed by atoms with Crippen molar-refractivity contribution >= 4 is 29.0 Å². The molecule has 4 heterocycles. The third-order valence-electron chi connectivity index (χ3n) is 7.79. The number of hydrogen-bond acceptors (Lipinski definition) is 8. The quantitative estimate of drug-likeness (QED) is 0.188. The third kappa shape index (κ3) is 4.99. The largest absolute Gasteiger partial charge is 0.494 e. The van der Waals surface area contributed by atoms with Gasteiger partial charge >= 0.3 is 0 Å². The summed E-state index contributed by atoms with van der Waals surface area (Å²) >= 11 is 0. The van der Waals surface area contributed by atoms with Crippen LogP contribution in [0.4, 0.5) is 11.5 Å². The highest BCUT2D eigenvalue weighted by Gasteiger charge is 2.30. The van der Waals surface area contributed by atoms with Crippen molar-refractivity contribution in [1.29, 1.82) is 0 Å². The maximum Gasteiger partial charge on any atom is 0.162 e. The number of aldehydes is 1. The Morgan fingerprint density at radius 3 is 2.50 bits per heavy atom. The number of fused-ring (bicyclic) bond motifs is 1. The van der Waals surface area contributed by atoms with E-state index < -0.39 is 0 Å². The Morgan fingerprint density at radius 1 is 0.976 bits per heavy atom. The number of rotatable bonds is 9. The highest BCUT2D eigenvalue weighted by Crippen LogP contribution is 2.36. The van der Waals surface area contributed by atoms with Gasteiger partial charge in [0.15, 0.2) is 17.7 Å². The lowest BCUT2D eigenvalue weighted by atomic mass is 10.1. The van der Waals surface area contributed by atoms with Crippen LogP contribution in [0.15, 0.2) is 91.6 Å². The first-order valence-electron chi connectivity index (χ1n) is 14.0. The predicted octanol–water partition coefficient (Wildman–Crippen LogP) is 5.46. The van der Waals surface area contributed by atoms with Crippen LogP contribution in [0.25, 0.3) is 33.8 Å². The molecule has 0 bridgehead atoms. The van der Waals surface area contributed by atoms with Crippen LogP contribution in [0.5, 0.6) is 5.75 Å². The summed E-state index contributed by atoms with van der Waals surface area (Å²) in [6.45, 7) is 7.15. The minimum atomic E-state index is -0.106. The summed E-state index contributed by atoms with van der Waals surface area (Å²) in [6.07, 6.45) is 5.04. The van der Waals surface area contributed by atoms with E-state index in [2.05, 4.69) is 38.1 Å². The van der Waals surface area contributed by atoms with E-state index in [1.54, 1.807) is 19.4 Å². The monoisotopic (exact) mass is 559 g/mol. The van der Waals surface area contributed by atoms with Crippen LogP contribution in [-0.2, 0) is 0 Å². The number of benzene rings is 2. The molecule has 0 amide bonds. The van der Waals surface area contributed by atoms with E-state index in [9.17, 15) is 4.79 Å². The molecule has 2 N–H and O–H groups in total. The average molecular weight is 560 g/mol. The molecule has 6 rings (SSSR count). The molecule has 9 nitrogen and oxygen atoms in total. The molecule has 3 aromatic heterocycles. The Morgan fingerprint density at radius 2 is 1.79 bits per heavy atom. The van der Waals surface area contributed by atoms with Gasteiger partial charge in [0, 0.05) is 37.9 Å². The van der Waals surface area contributed by atoms with E-state index in [1.807, 2.05) is 60.7 Å². The zero-order valence-electron chi connectivity index (χ0n) is 23.6. The molecule has 0 radical (unpaired) electrons. The molecule has 1 unspecified atom stereocenters. The average Bonchev–Trinajstić information content (AvgIpc) is 3.42. The second-order valence-corrected chi connectivity index (χ2v) is 10.2. The van der Waals surface area contributed by atoms with Crippen molar-refractivity contribution in [3.8, 4) is 28.4 Å². The Bertz CT molecular complexity index is 1730. The maximum atomic E-state index is 11.6. The third-order valence-corrected chi connectivity index (χ3v) is 7.79. The summed E-state index contributed by atoms with van der Waals surface area (Å²) in [7, 11) is 1.61. The van der Waals surface area contributed by atoms with Crippen LogP contribution in [0.2, 0.25) is 0 Å². The Hall–Kier alpha value is -5.02. The molecule has 42 heavy (non-hydrogen) atoms. The maximum absolute atomic E-state index is 11.6. The second kappa shape index (κ2) is 11.8. The van der Waals surface area contributed by atoms with Gasteiger partial charge in [0.05, 0.1) is 35.8 Å². The molecule has 1 fully saturated rings. The molecular formula is C33H33N7O2. The van der Waals surface area contributed by atoms with Gasteiger partial charge in [-0.2, -0.15) is 0 Å². The molecule has 1 aliphatic rings. The minimum absolute atomic E-state index is 0.106. The van der Waals surface area contributed by atoms with Gasteiger partial charge in [-0.05, 0) is 42.8 Å². The van der Waals surface area contributed by atoms with Crippen molar-refractivity contribution in [1.82, 2.24) is 24.4 Å². The zero-order chi connectivity index (χ0) is 29.1. The van der Waals surface area contributed by atoms with Gasteiger partial charge in [0.25, 0.3) is 0 Å². The molecule has 1 atom stereocenters. The molecule has 0 saturated carbocycles. The first-order valence-corrected chi connectivity index (χ1v) is 14.0. The molecule has 212 valence electrons. The van der Waals surface area contributed by atoms with Crippen molar-refractivity contribution in [2.75, 3.05) is 43.9 Å². The summed E-state index contributed by atoms with van der Waals surface area (Å²) in [6, 6.07) is 23.7. The van der Waals surface area contributed by atoms with E-state index in [0.717, 1.165) is 72.0 Å². The number of para-hydroxylation sites is 1. The zero-order valence-corrected chi connectivity index (χ0v) is 23.6. The van der Waals surface area contributed by atoms with E-state index in [-0.39, 0.29) is 6.17 Å². The fourth-order valence-corrected chi connectivity index (χ4v) is 5.76. The molecular weight excluding hydrogens is 526 g/mol. The van der Waals surface area contributed by atoms with Gasteiger partial charge in [0.2, 0.25) is 0 Å². The second-order valence-electron chi connectivity index (χ2n) is 10.2. The number of carbonyl (C=O) groups excluding carboxylic acids is 1. The number of nitrogens with two attached hydrogens (primary N) is 1. The SMILES string of the molecule is C=CCC(N1CCN(c2cccc(C=O)c2OC)CC1)n1c(-c2cccnc2N)nc2ccc(-c3ccccc3)nc21. The molecule has 2 aromatic carbocycles. The lowest BCUT2D eigenvalue weighted by molar-refractivity contribution is 0.112. The Labute approximate surface area is 244 Å². The molecule has 1 saturated heterocycles. The van der Waals surface area contributed by atoms with Crippen molar-refractivity contribution in [2.24, 2.45) is 0 Å². The van der Waals surface area contributed by atoms with Gasteiger partial charge < -0.3 is 15.4 Å². The molecule has 0 spiro atoms. The number of pyridine rings is 2. The number of nitrogens with zero attached hydrogens (tertiary/aromatic N) is 6. The summed E-state index contributed by atoms with van der Waals surface area (Å²) in [5, 5.41) is 0. The van der Waals surface area contributed by atoms with E-state index in [4.69, 9.17) is 20.4 Å². The number of piperazine rings is 1. The van der Waals surface area contributed by atoms with Crippen molar-refractivity contribution in [3.05, 3.63) is 97.2 Å². The van der Waals surface area contributed by atoms with Crippen LogP contribution in [0, 0.1) is 0 Å². The number of nitrogen functional groups attached to an aromatic ring is 1. The number of imidazole rings is 1. The van der Waals surface area contributed by atoms with Gasteiger partial charge in [-0.1, -0.05) is 42.5 Å². The number of hydrogen-bond donors (Lipinski definition) is 1. The van der Waals surface area contributed by atoms with Crippen LogP contribution < -0.4 is 15.4 Å². The van der Waals surface area contributed by atoms with Crippen molar-refractivity contribution in [2.45, 2.75) is 12.6 Å². The topological polar surface area (TPSA) is 102 Å². The molecule has 0 aliphatic carbocycles.